The topological polar surface area (TPSA) is 103 Å². The molecule has 10 nitrogen and oxygen atoms in total. The van der Waals surface area contributed by atoms with Crippen LogP contribution >= 0.6 is 0 Å². The molecule has 0 unspecified atom stereocenters. The minimum Gasteiger partial charge on any atom is -0.461 e. The van der Waals surface area contributed by atoms with Gasteiger partial charge < -0.3 is 15.0 Å². The number of imide groups is 1. The summed E-state index contributed by atoms with van der Waals surface area (Å²) in [7, 11) is 2.07. The molecule has 2 spiro atoms. The Bertz CT molecular complexity index is 1520. The quantitative estimate of drug-likeness (QED) is 0.522. The van der Waals surface area contributed by atoms with E-state index in [4.69, 9.17) is 14.7 Å². The van der Waals surface area contributed by atoms with Gasteiger partial charge in [-0.3, -0.25) is 19.9 Å². The minimum atomic E-state index is -1.01. The van der Waals surface area contributed by atoms with Crippen molar-refractivity contribution in [3.8, 4) is 6.01 Å². The molecule has 2 aromatic rings. The van der Waals surface area contributed by atoms with E-state index in [1.165, 1.54) is 6.07 Å². The van der Waals surface area contributed by atoms with Crippen molar-refractivity contribution in [1.82, 2.24) is 30.4 Å². The van der Waals surface area contributed by atoms with E-state index in [2.05, 4.69) is 32.4 Å². The van der Waals surface area contributed by atoms with Gasteiger partial charge in [-0.25, -0.2) is 13.6 Å². The third kappa shape index (κ3) is 4.08. The first-order valence-corrected chi connectivity index (χ1v) is 15.5. The number of carbonyl (C=O) groups is 2. The zero-order valence-corrected chi connectivity index (χ0v) is 24.4. The second-order valence-corrected chi connectivity index (χ2v) is 13.5. The van der Waals surface area contributed by atoms with Gasteiger partial charge in [-0.15, -0.1) is 0 Å². The van der Waals surface area contributed by atoms with Gasteiger partial charge in [0, 0.05) is 38.0 Å². The molecule has 5 aliphatic heterocycles. The molecule has 1 aromatic carbocycles. The van der Waals surface area contributed by atoms with Gasteiger partial charge in [0.1, 0.15) is 30.0 Å². The summed E-state index contributed by atoms with van der Waals surface area (Å²) in [6.07, 6.45) is 4.74. The number of hydrogen-bond acceptors (Lipinski definition) is 8. The summed E-state index contributed by atoms with van der Waals surface area (Å²) in [5, 5.41) is 5.27. The Hall–Kier alpha value is -3.38. The van der Waals surface area contributed by atoms with Crippen LogP contribution in [0.25, 0.3) is 0 Å². The number of hydrogen-bond donors (Lipinski definition) is 2. The zero-order chi connectivity index (χ0) is 29.6. The number of amides is 3. The Labute approximate surface area is 249 Å². The first-order chi connectivity index (χ1) is 20.7. The van der Waals surface area contributed by atoms with E-state index in [0.717, 1.165) is 48.2 Å². The summed E-state index contributed by atoms with van der Waals surface area (Å²) in [6.45, 7) is 3.12. The molecule has 6 aliphatic rings. The fourth-order valence-electron chi connectivity index (χ4n) is 8.92. The van der Waals surface area contributed by atoms with E-state index in [-0.39, 0.29) is 29.8 Å². The molecule has 4 saturated heterocycles. The van der Waals surface area contributed by atoms with E-state index >= 15 is 0 Å². The fourth-order valence-corrected chi connectivity index (χ4v) is 8.92. The lowest BCUT2D eigenvalue weighted by Gasteiger charge is -2.46. The second kappa shape index (κ2) is 9.56. The van der Waals surface area contributed by atoms with E-state index < -0.39 is 23.3 Å². The van der Waals surface area contributed by atoms with Gasteiger partial charge in [-0.1, -0.05) is 12.1 Å². The number of rotatable bonds is 4. The predicted octanol–water partition coefficient (Wildman–Crippen LogP) is 2.58. The third-order valence-electron chi connectivity index (χ3n) is 11.1. The Morgan fingerprint density at radius 3 is 2.81 bits per heavy atom. The van der Waals surface area contributed by atoms with Crippen LogP contribution in [-0.2, 0) is 29.7 Å². The smallest absolute Gasteiger partial charge is 0.322 e. The molecule has 0 radical (unpaired) electrons. The van der Waals surface area contributed by atoms with Gasteiger partial charge in [0.05, 0.1) is 23.3 Å². The average molecular weight is 594 g/mol. The summed E-state index contributed by atoms with van der Waals surface area (Å²) in [4.78, 5) is 41.5. The van der Waals surface area contributed by atoms with Gasteiger partial charge in [0.2, 0.25) is 0 Å². The summed E-state index contributed by atoms with van der Waals surface area (Å²) >= 11 is 0. The number of likely N-dealkylation sites (N-methyl/N-ethyl adjacent to an activating group) is 1. The van der Waals surface area contributed by atoms with Crippen molar-refractivity contribution in [1.29, 1.82) is 0 Å². The molecular weight excluding hydrogens is 556 g/mol. The number of nitrogens with zero attached hydrogens (tertiary/aromatic N) is 5. The van der Waals surface area contributed by atoms with Crippen molar-refractivity contribution in [3.63, 3.8) is 0 Å². The van der Waals surface area contributed by atoms with Crippen LogP contribution in [0.1, 0.15) is 60.9 Å². The normalized spacial score (nSPS) is 33.6. The van der Waals surface area contributed by atoms with Crippen LogP contribution in [0, 0.1) is 5.82 Å². The van der Waals surface area contributed by atoms with Crippen molar-refractivity contribution < 1.29 is 23.1 Å². The number of benzene rings is 1. The molecule has 1 aromatic heterocycles. The van der Waals surface area contributed by atoms with E-state index in [0.29, 0.717) is 64.2 Å². The van der Waals surface area contributed by atoms with Crippen LogP contribution in [0.5, 0.6) is 6.01 Å². The molecule has 1 aliphatic carbocycles. The molecule has 12 heteroatoms. The third-order valence-corrected chi connectivity index (χ3v) is 11.1. The largest absolute Gasteiger partial charge is 0.461 e. The number of halogens is 2. The van der Waals surface area contributed by atoms with Crippen LogP contribution in [0.15, 0.2) is 18.2 Å². The molecule has 3 amide bonds. The molecule has 8 rings (SSSR count). The molecule has 4 fully saturated rings. The molecule has 4 atom stereocenters. The van der Waals surface area contributed by atoms with Gasteiger partial charge in [0.25, 0.3) is 5.91 Å². The number of carbonyl (C=O) groups excluding carboxylic acids is 2. The van der Waals surface area contributed by atoms with Crippen LogP contribution in [-0.4, -0.2) is 88.8 Å². The molecule has 228 valence electrons. The van der Waals surface area contributed by atoms with Crippen molar-refractivity contribution >= 4 is 17.8 Å². The maximum atomic E-state index is 14.8. The van der Waals surface area contributed by atoms with Crippen LogP contribution < -0.4 is 20.3 Å². The Balaban J connectivity index is 1.18. The number of anilines is 1. The minimum absolute atomic E-state index is 0.167. The number of ether oxygens (including phenoxy) is 1. The molecule has 43 heavy (non-hydrogen) atoms. The van der Waals surface area contributed by atoms with Crippen LogP contribution in [0.2, 0.25) is 0 Å². The lowest BCUT2D eigenvalue weighted by Crippen LogP contribution is -2.59. The molecule has 2 N–H and O–H groups in total. The number of piperidine rings is 1. The van der Waals surface area contributed by atoms with Gasteiger partial charge >= 0.3 is 12.0 Å². The zero-order valence-electron chi connectivity index (χ0n) is 24.4. The van der Waals surface area contributed by atoms with Gasteiger partial charge in [-0.2, -0.15) is 9.97 Å². The molecule has 6 heterocycles. The van der Waals surface area contributed by atoms with E-state index in [1.54, 1.807) is 6.07 Å². The summed E-state index contributed by atoms with van der Waals surface area (Å²) < 4.78 is 35.7. The number of alkyl halides is 1. The lowest BCUT2D eigenvalue weighted by molar-refractivity contribution is -0.124. The maximum Gasteiger partial charge on any atom is 0.322 e. The van der Waals surface area contributed by atoms with Crippen molar-refractivity contribution in [3.05, 3.63) is 46.4 Å². The van der Waals surface area contributed by atoms with Crippen LogP contribution in [0.3, 0.4) is 0 Å². The predicted molar refractivity (Wildman–Crippen MR) is 153 cm³/mol. The highest BCUT2D eigenvalue weighted by molar-refractivity contribution is 6.07. The van der Waals surface area contributed by atoms with Crippen LogP contribution in [0.4, 0.5) is 19.4 Å². The van der Waals surface area contributed by atoms with E-state index in [9.17, 15) is 18.4 Å². The highest BCUT2D eigenvalue weighted by atomic mass is 19.1. The summed E-state index contributed by atoms with van der Waals surface area (Å²) in [5.41, 5.74) is 1.83. The highest BCUT2D eigenvalue weighted by Gasteiger charge is 2.52. The van der Waals surface area contributed by atoms with Gasteiger partial charge in [0.15, 0.2) is 0 Å². The molecular formula is C31H37F2N7O3. The lowest BCUT2D eigenvalue weighted by atomic mass is 9.80. The standard InChI is InChI=1S/C31H37F2N7O3/c1-38-16-21-24(14-31(38)10-7-20-22(31)5-2-6-23(20)33)34-28(43-18-29-8-3-12-40(29)15-19(32)13-29)35-25(21)39-11-4-9-30(17-39)26(41)36-27(42)37-30/h2,5-6,19H,3-4,7-18H2,1H3,(H2,36,37,41,42)/t19-,29+,30-,31+/m1/s1. The number of fused-ring (bicyclic) bond motifs is 4. The fraction of sp³-hybridized carbons (Fsp3) is 0.613. The number of nitrogens with one attached hydrogen (secondary N) is 2. The molecule has 0 bridgehead atoms. The van der Waals surface area contributed by atoms with E-state index in [1.807, 2.05) is 6.07 Å². The summed E-state index contributed by atoms with van der Waals surface area (Å²) in [5.74, 6) is 0.215. The number of aromatic nitrogens is 2. The van der Waals surface area contributed by atoms with Gasteiger partial charge in [-0.05, 0) is 69.3 Å². The first-order valence-electron chi connectivity index (χ1n) is 15.5. The maximum absolute atomic E-state index is 14.8. The Morgan fingerprint density at radius 2 is 1.98 bits per heavy atom. The first kappa shape index (κ1) is 27.2. The second-order valence-electron chi connectivity index (χ2n) is 13.5. The summed E-state index contributed by atoms with van der Waals surface area (Å²) in [6, 6.07) is 5.11. The van der Waals surface area contributed by atoms with Crippen molar-refractivity contribution in [2.75, 3.05) is 44.7 Å². The van der Waals surface area contributed by atoms with Crippen molar-refractivity contribution in [2.24, 2.45) is 0 Å². The Morgan fingerprint density at radius 1 is 1.12 bits per heavy atom. The average Bonchev–Trinajstić information content (AvgIpc) is 3.69. The highest BCUT2D eigenvalue weighted by Crippen LogP contribution is 2.49. The number of urea groups is 1. The van der Waals surface area contributed by atoms with Crippen molar-refractivity contribution in [2.45, 2.75) is 80.7 Å². The Kier molecular flexibility index (Phi) is 6.04. The monoisotopic (exact) mass is 593 g/mol. The molecule has 0 saturated carbocycles. The SMILES string of the molecule is CN1Cc2c(nc(OC[C@@]34CCCN3C[C@H](F)C4)nc2N2CCC[C@]3(C2)NC(=O)NC3=O)C[C@]12CCc1c(F)cccc12.